The van der Waals surface area contributed by atoms with Crippen molar-refractivity contribution in [3.63, 3.8) is 0 Å². The minimum absolute atomic E-state index is 0.142. The largest absolute Gasteiger partial charge is 0.480 e. The highest BCUT2D eigenvalue weighted by Crippen LogP contribution is 2.30. The molecule has 0 aliphatic heterocycles. The van der Waals surface area contributed by atoms with Crippen LogP contribution in [0.25, 0.3) is 0 Å². The predicted octanol–water partition coefficient (Wildman–Crippen LogP) is 1.42. The van der Waals surface area contributed by atoms with E-state index in [-0.39, 0.29) is 5.92 Å². The number of hydrogen-bond acceptors (Lipinski definition) is 2. The number of amides is 1. The molecule has 0 rings (SSSR count). The first kappa shape index (κ1) is 13.7. The van der Waals surface area contributed by atoms with Gasteiger partial charge in [-0.15, -0.1) is 0 Å². The van der Waals surface area contributed by atoms with Gasteiger partial charge in [0.15, 0.2) is 0 Å². The molecule has 0 saturated heterocycles. The molecule has 2 N–H and O–H groups in total. The SMILES string of the molecule is C=CC(=O)N[C@H](C(=O)O)C(C)(C)C(C)C. The lowest BCUT2D eigenvalue weighted by Crippen LogP contribution is -2.51. The summed E-state index contributed by atoms with van der Waals surface area (Å²) < 4.78 is 0. The number of carboxylic acids is 1. The summed E-state index contributed by atoms with van der Waals surface area (Å²) in [6.45, 7) is 10.8. The van der Waals surface area contributed by atoms with E-state index in [2.05, 4.69) is 11.9 Å². The van der Waals surface area contributed by atoms with Crippen LogP contribution in [-0.2, 0) is 9.59 Å². The van der Waals surface area contributed by atoms with Crippen molar-refractivity contribution in [2.45, 2.75) is 33.7 Å². The molecule has 0 aliphatic carbocycles. The molecule has 0 fully saturated rings. The Balaban J connectivity index is 4.89. The van der Waals surface area contributed by atoms with Gasteiger partial charge in [-0.25, -0.2) is 4.79 Å². The van der Waals surface area contributed by atoms with Gasteiger partial charge in [-0.3, -0.25) is 4.79 Å². The van der Waals surface area contributed by atoms with Crippen molar-refractivity contribution in [2.75, 3.05) is 0 Å². The Kier molecular flexibility index (Phi) is 4.52. The van der Waals surface area contributed by atoms with Crippen molar-refractivity contribution in [3.05, 3.63) is 12.7 Å². The average molecular weight is 213 g/mol. The third-order valence-corrected chi connectivity index (χ3v) is 2.95. The molecular weight excluding hydrogens is 194 g/mol. The molecule has 0 bridgehead atoms. The van der Waals surface area contributed by atoms with Crippen LogP contribution in [0.4, 0.5) is 0 Å². The molecule has 0 saturated carbocycles. The number of rotatable bonds is 5. The zero-order valence-corrected chi connectivity index (χ0v) is 9.70. The van der Waals surface area contributed by atoms with E-state index in [0.29, 0.717) is 0 Å². The third-order valence-electron chi connectivity index (χ3n) is 2.95. The van der Waals surface area contributed by atoms with E-state index in [1.54, 1.807) is 0 Å². The summed E-state index contributed by atoms with van der Waals surface area (Å²) in [7, 11) is 0. The molecule has 0 aromatic carbocycles. The van der Waals surface area contributed by atoms with Gasteiger partial charge in [0.05, 0.1) is 0 Å². The number of carboxylic acid groups (broad SMARTS) is 1. The molecule has 1 amide bonds. The van der Waals surface area contributed by atoms with Gasteiger partial charge in [-0.05, 0) is 17.4 Å². The van der Waals surface area contributed by atoms with Crippen molar-refractivity contribution < 1.29 is 14.7 Å². The van der Waals surface area contributed by atoms with E-state index in [4.69, 9.17) is 5.11 Å². The summed E-state index contributed by atoms with van der Waals surface area (Å²) in [4.78, 5) is 22.2. The van der Waals surface area contributed by atoms with Crippen LogP contribution in [0.1, 0.15) is 27.7 Å². The van der Waals surface area contributed by atoms with Crippen LogP contribution in [0.2, 0.25) is 0 Å². The lowest BCUT2D eigenvalue weighted by Gasteiger charge is -2.35. The first-order chi connectivity index (χ1) is 6.73. The first-order valence-electron chi connectivity index (χ1n) is 4.89. The van der Waals surface area contributed by atoms with Gasteiger partial charge in [0.25, 0.3) is 0 Å². The fourth-order valence-electron chi connectivity index (χ4n) is 1.10. The van der Waals surface area contributed by atoms with Crippen molar-refractivity contribution in [3.8, 4) is 0 Å². The van der Waals surface area contributed by atoms with Crippen molar-refractivity contribution in [1.29, 1.82) is 0 Å². The summed E-state index contributed by atoms with van der Waals surface area (Å²) in [6, 6.07) is -0.900. The molecule has 0 heterocycles. The lowest BCUT2D eigenvalue weighted by molar-refractivity contribution is -0.145. The van der Waals surface area contributed by atoms with Crippen molar-refractivity contribution in [1.82, 2.24) is 5.32 Å². The highest BCUT2D eigenvalue weighted by Gasteiger charge is 2.38. The summed E-state index contributed by atoms with van der Waals surface area (Å²) in [5.41, 5.74) is -0.509. The highest BCUT2D eigenvalue weighted by atomic mass is 16.4. The average Bonchev–Trinajstić information content (AvgIpc) is 2.12. The van der Waals surface area contributed by atoms with E-state index in [9.17, 15) is 9.59 Å². The summed E-state index contributed by atoms with van der Waals surface area (Å²) in [5, 5.41) is 11.5. The van der Waals surface area contributed by atoms with E-state index < -0.39 is 23.3 Å². The Bertz CT molecular complexity index is 269. The maximum absolute atomic E-state index is 11.1. The molecule has 0 aliphatic rings. The van der Waals surface area contributed by atoms with Crippen LogP contribution in [0.15, 0.2) is 12.7 Å². The maximum Gasteiger partial charge on any atom is 0.326 e. The zero-order chi connectivity index (χ0) is 12.2. The van der Waals surface area contributed by atoms with Crippen LogP contribution in [0.3, 0.4) is 0 Å². The second-order valence-electron chi connectivity index (χ2n) is 4.46. The van der Waals surface area contributed by atoms with Crippen molar-refractivity contribution >= 4 is 11.9 Å². The zero-order valence-electron chi connectivity index (χ0n) is 9.70. The topological polar surface area (TPSA) is 66.4 Å². The Morgan fingerprint density at radius 2 is 1.87 bits per heavy atom. The number of hydrogen-bond donors (Lipinski definition) is 2. The number of nitrogens with one attached hydrogen (secondary N) is 1. The minimum atomic E-state index is -1.02. The molecule has 86 valence electrons. The van der Waals surface area contributed by atoms with Crippen LogP contribution < -0.4 is 5.32 Å². The summed E-state index contributed by atoms with van der Waals surface area (Å²) in [5.74, 6) is -1.34. The van der Waals surface area contributed by atoms with E-state index >= 15 is 0 Å². The quantitative estimate of drug-likeness (QED) is 0.679. The maximum atomic E-state index is 11.1. The van der Waals surface area contributed by atoms with Crippen LogP contribution >= 0.6 is 0 Å². The fraction of sp³-hybridized carbons (Fsp3) is 0.636. The first-order valence-corrected chi connectivity index (χ1v) is 4.89. The second-order valence-corrected chi connectivity index (χ2v) is 4.46. The van der Waals surface area contributed by atoms with Gasteiger partial charge in [0.2, 0.25) is 5.91 Å². The molecule has 0 aromatic rings. The van der Waals surface area contributed by atoms with E-state index in [0.717, 1.165) is 6.08 Å². The van der Waals surface area contributed by atoms with Gasteiger partial charge >= 0.3 is 5.97 Å². The standard InChI is InChI=1S/C11H19NO3/c1-6-8(13)12-9(10(14)15)11(4,5)7(2)3/h6-7,9H,1H2,2-5H3,(H,12,13)(H,14,15)/t9-/m1/s1. The predicted molar refractivity (Wildman–Crippen MR) is 58.4 cm³/mol. The van der Waals surface area contributed by atoms with Gasteiger partial charge in [0, 0.05) is 0 Å². The molecule has 0 unspecified atom stereocenters. The summed E-state index contributed by atoms with van der Waals surface area (Å²) in [6.07, 6.45) is 1.08. The highest BCUT2D eigenvalue weighted by molar-refractivity contribution is 5.90. The normalized spacial score (nSPS) is 13.4. The Morgan fingerprint density at radius 3 is 2.13 bits per heavy atom. The van der Waals surface area contributed by atoms with Gasteiger partial charge in [0.1, 0.15) is 6.04 Å². The summed E-state index contributed by atoms with van der Waals surface area (Å²) >= 11 is 0. The molecular formula is C11H19NO3. The number of carbonyl (C=O) groups excluding carboxylic acids is 1. The molecule has 1 atom stereocenters. The molecule has 0 spiro atoms. The lowest BCUT2D eigenvalue weighted by atomic mass is 9.74. The van der Waals surface area contributed by atoms with Crippen molar-refractivity contribution in [2.24, 2.45) is 11.3 Å². The minimum Gasteiger partial charge on any atom is -0.480 e. The number of carbonyl (C=O) groups is 2. The monoisotopic (exact) mass is 213 g/mol. The fourth-order valence-corrected chi connectivity index (χ4v) is 1.10. The van der Waals surface area contributed by atoms with Gasteiger partial charge in [-0.1, -0.05) is 34.3 Å². The number of aliphatic carboxylic acids is 1. The second kappa shape index (κ2) is 4.96. The third kappa shape index (κ3) is 3.38. The molecule has 15 heavy (non-hydrogen) atoms. The van der Waals surface area contributed by atoms with E-state index in [1.165, 1.54) is 0 Å². The van der Waals surface area contributed by atoms with Gasteiger partial charge in [-0.2, -0.15) is 0 Å². The Hall–Kier alpha value is -1.32. The Morgan fingerprint density at radius 1 is 1.40 bits per heavy atom. The molecule has 4 heteroatoms. The van der Waals surface area contributed by atoms with Crippen LogP contribution in [0, 0.1) is 11.3 Å². The van der Waals surface area contributed by atoms with Crippen LogP contribution in [0.5, 0.6) is 0 Å². The van der Waals surface area contributed by atoms with Gasteiger partial charge < -0.3 is 10.4 Å². The van der Waals surface area contributed by atoms with E-state index in [1.807, 2.05) is 27.7 Å². The Labute approximate surface area is 90.4 Å². The molecule has 0 radical (unpaired) electrons. The van der Waals surface area contributed by atoms with Crippen LogP contribution in [-0.4, -0.2) is 23.0 Å². The smallest absolute Gasteiger partial charge is 0.326 e. The molecule has 0 aromatic heterocycles. The molecule has 4 nitrogen and oxygen atoms in total.